The van der Waals surface area contributed by atoms with Crippen molar-refractivity contribution in [2.24, 2.45) is 0 Å². The van der Waals surface area contributed by atoms with E-state index in [1.807, 2.05) is 18.2 Å². The fraction of sp³-hybridized carbons (Fsp3) is 0.562. The first-order chi connectivity index (χ1) is 10.0. The molecule has 0 spiro atoms. The molecule has 1 atom stereocenters. The van der Waals surface area contributed by atoms with Gasteiger partial charge in [-0.25, -0.2) is 0 Å². The van der Waals surface area contributed by atoms with Gasteiger partial charge in [0.05, 0.1) is 13.2 Å². The molecule has 5 nitrogen and oxygen atoms in total. The Kier molecular flexibility index (Phi) is 5.07. The Labute approximate surface area is 125 Å². The molecular weight excluding hydrogens is 268 g/mol. The van der Waals surface area contributed by atoms with Crippen LogP contribution in [-0.2, 0) is 4.79 Å². The Balaban J connectivity index is 2.15. The number of aliphatic hydroxyl groups excluding tert-OH is 1. The maximum atomic E-state index is 11.1. The Morgan fingerprint density at radius 1 is 1.43 bits per heavy atom. The van der Waals surface area contributed by atoms with Crippen LogP contribution >= 0.6 is 0 Å². The number of ether oxygens (including phenoxy) is 1. The number of carbonyl (C=O) groups excluding carboxylic acids is 1. The highest BCUT2D eigenvalue weighted by Gasteiger charge is 2.24. The highest BCUT2D eigenvalue weighted by molar-refractivity contribution is 5.73. The van der Waals surface area contributed by atoms with Crippen LogP contribution in [0.2, 0.25) is 0 Å². The summed E-state index contributed by atoms with van der Waals surface area (Å²) in [6, 6.07) is 6.08. The third-order valence-electron chi connectivity index (χ3n) is 3.92. The number of hydrogen-bond acceptors (Lipinski definition) is 4. The van der Waals surface area contributed by atoms with Crippen molar-refractivity contribution in [2.45, 2.75) is 38.8 Å². The van der Waals surface area contributed by atoms with Gasteiger partial charge in [-0.3, -0.25) is 4.79 Å². The number of anilines is 1. The summed E-state index contributed by atoms with van der Waals surface area (Å²) in [6.45, 7) is 5.03. The molecule has 116 valence electrons. The molecule has 0 bridgehead atoms. The minimum Gasteiger partial charge on any atom is -0.496 e. The minimum absolute atomic E-state index is 0.0273. The highest BCUT2D eigenvalue weighted by Crippen LogP contribution is 2.35. The fourth-order valence-electron chi connectivity index (χ4n) is 2.96. The summed E-state index contributed by atoms with van der Waals surface area (Å²) < 4.78 is 5.37. The first kappa shape index (κ1) is 15.6. The van der Waals surface area contributed by atoms with E-state index in [0.717, 1.165) is 37.2 Å². The van der Waals surface area contributed by atoms with Crippen LogP contribution in [0, 0.1) is 0 Å². The Morgan fingerprint density at radius 2 is 2.10 bits per heavy atom. The zero-order valence-corrected chi connectivity index (χ0v) is 12.9. The summed E-state index contributed by atoms with van der Waals surface area (Å²) in [4.78, 5) is 13.4. The van der Waals surface area contributed by atoms with Crippen molar-refractivity contribution in [2.75, 3.05) is 25.1 Å². The van der Waals surface area contributed by atoms with E-state index in [1.165, 1.54) is 0 Å². The third-order valence-corrected chi connectivity index (χ3v) is 3.92. The number of hydrogen-bond donors (Lipinski definition) is 2. The molecule has 0 radical (unpaired) electrons. The van der Waals surface area contributed by atoms with E-state index in [4.69, 9.17) is 4.74 Å². The molecule has 1 aromatic carbocycles. The lowest BCUT2D eigenvalue weighted by molar-refractivity contribution is -0.119. The lowest BCUT2D eigenvalue weighted by Crippen LogP contribution is -2.44. The average molecular weight is 292 g/mol. The molecule has 21 heavy (non-hydrogen) atoms. The molecule has 0 saturated carbocycles. The SMILES string of the molecule is COc1cccc(N2CCC(NC(C)=O)CC2)c1[C@@H](C)O. The molecule has 1 amide bonds. The second kappa shape index (κ2) is 6.80. The molecule has 0 aliphatic carbocycles. The second-order valence-electron chi connectivity index (χ2n) is 5.53. The van der Waals surface area contributed by atoms with Crippen LogP contribution in [0.4, 0.5) is 5.69 Å². The van der Waals surface area contributed by atoms with Gasteiger partial charge in [0, 0.05) is 37.3 Å². The van der Waals surface area contributed by atoms with Crippen LogP contribution < -0.4 is 15.0 Å². The van der Waals surface area contributed by atoms with Crippen LogP contribution in [0.15, 0.2) is 18.2 Å². The Hall–Kier alpha value is -1.75. The van der Waals surface area contributed by atoms with E-state index < -0.39 is 6.10 Å². The first-order valence-corrected chi connectivity index (χ1v) is 7.40. The van der Waals surface area contributed by atoms with E-state index in [2.05, 4.69) is 10.2 Å². The second-order valence-corrected chi connectivity index (χ2v) is 5.53. The minimum atomic E-state index is -0.579. The van der Waals surface area contributed by atoms with Crippen molar-refractivity contribution in [1.29, 1.82) is 0 Å². The van der Waals surface area contributed by atoms with Gasteiger partial charge in [0.2, 0.25) is 5.91 Å². The number of benzene rings is 1. The molecule has 1 heterocycles. The molecule has 0 unspecified atom stereocenters. The maximum absolute atomic E-state index is 11.1. The summed E-state index contributed by atoms with van der Waals surface area (Å²) in [5.41, 5.74) is 1.85. The summed E-state index contributed by atoms with van der Waals surface area (Å²) in [6.07, 6.45) is 1.25. The number of piperidine rings is 1. The summed E-state index contributed by atoms with van der Waals surface area (Å²) in [7, 11) is 1.62. The molecule has 5 heteroatoms. The first-order valence-electron chi connectivity index (χ1n) is 7.40. The average Bonchev–Trinajstić information content (AvgIpc) is 2.46. The Bertz CT molecular complexity index is 494. The smallest absolute Gasteiger partial charge is 0.217 e. The van der Waals surface area contributed by atoms with E-state index in [-0.39, 0.29) is 11.9 Å². The highest BCUT2D eigenvalue weighted by atomic mass is 16.5. The molecular formula is C16H24N2O3. The van der Waals surface area contributed by atoms with Crippen LogP contribution in [0.5, 0.6) is 5.75 Å². The number of rotatable bonds is 4. The predicted molar refractivity (Wildman–Crippen MR) is 82.7 cm³/mol. The fourth-order valence-corrected chi connectivity index (χ4v) is 2.96. The Morgan fingerprint density at radius 3 is 2.62 bits per heavy atom. The van der Waals surface area contributed by atoms with Crippen LogP contribution in [-0.4, -0.2) is 37.3 Å². The van der Waals surface area contributed by atoms with Crippen LogP contribution in [0.25, 0.3) is 0 Å². The van der Waals surface area contributed by atoms with Crippen molar-refractivity contribution >= 4 is 11.6 Å². The van der Waals surface area contributed by atoms with Crippen molar-refractivity contribution in [3.63, 3.8) is 0 Å². The van der Waals surface area contributed by atoms with E-state index in [0.29, 0.717) is 5.75 Å². The zero-order chi connectivity index (χ0) is 15.4. The standard InChI is InChI=1S/C16H24N2O3/c1-11(19)16-14(5-4-6-15(16)21-3)18-9-7-13(8-10-18)17-12(2)20/h4-6,11,13,19H,7-10H2,1-3H3,(H,17,20)/t11-/m1/s1. The van der Waals surface area contributed by atoms with E-state index in [1.54, 1.807) is 21.0 Å². The normalized spacial score (nSPS) is 17.4. The van der Waals surface area contributed by atoms with Crippen LogP contribution in [0.3, 0.4) is 0 Å². The molecule has 1 aliphatic heterocycles. The lowest BCUT2D eigenvalue weighted by Gasteiger charge is -2.35. The molecule has 1 saturated heterocycles. The van der Waals surface area contributed by atoms with Crippen molar-refractivity contribution < 1.29 is 14.6 Å². The molecule has 2 N–H and O–H groups in total. The molecule has 1 aliphatic rings. The number of amides is 1. The lowest BCUT2D eigenvalue weighted by atomic mass is 10.0. The van der Waals surface area contributed by atoms with Crippen LogP contribution in [0.1, 0.15) is 38.4 Å². The van der Waals surface area contributed by atoms with Gasteiger partial charge in [-0.2, -0.15) is 0 Å². The van der Waals surface area contributed by atoms with E-state index >= 15 is 0 Å². The van der Waals surface area contributed by atoms with Gasteiger partial charge < -0.3 is 20.1 Å². The number of methoxy groups -OCH3 is 1. The molecule has 0 aromatic heterocycles. The summed E-state index contributed by atoms with van der Waals surface area (Å²) in [5.74, 6) is 0.742. The van der Waals surface area contributed by atoms with Crippen molar-refractivity contribution in [1.82, 2.24) is 5.32 Å². The van der Waals surface area contributed by atoms with Crippen molar-refractivity contribution in [3.05, 3.63) is 23.8 Å². The molecule has 1 aromatic rings. The number of carbonyl (C=O) groups is 1. The molecule has 2 rings (SSSR count). The topological polar surface area (TPSA) is 61.8 Å². The largest absolute Gasteiger partial charge is 0.496 e. The monoisotopic (exact) mass is 292 g/mol. The quantitative estimate of drug-likeness (QED) is 0.889. The molecule has 1 fully saturated rings. The number of aliphatic hydroxyl groups is 1. The zero-order valence-electron chi connectivity index (χ0n) is 12.9. The van der Waals surface area contributed by atoms with E-state index in [9.17, 15) is 9.90 Å². The van der Waals surface area contributed by atoms with Gasteiger partial charge in [-0.15, -0.1) is 0 Å². The summed E-state index contributed by atoms with van der Waals surface area (Å²) in [5, 5.41) is 13.0. The van der Waals surface area contributed by atoms with Gasteiger partial charge in [0.1, 0.15) is 5.75 Å². The van der Waals surface area contributed by atoms with Gasteiger partial charge in [0.15, 0.2) is 0 Å². The van der Waals surface area contributed by atoms with Gasteiger partial charge in [-0.05, 0) is 31.9 Å². The van der Waals surface area contributed by atoms with Crippen molar-refractivity contribution in [3.8, 4) is 5.75 Å². The number of nitrogens with zero attached hydrogens (tertiary/aromatic N) is 1. The van der Waals surface area contributed by atoms with Gasteiger partial charge in [-0.1, -0.05) is 6.07 Å². The maximum Gasteiger partial charge on any atom is 0.217 e. The summed E-state index contributed by atoms with van der Waals surface area (Å²) >= 11 is 0. The van der Waals surface area contributed by atoms with Gasteiger partial charge in [0.25, 0.3) is 0 Å². The third kappa shape index (κ3) is 3.67. The number of nitrogens with one attached hydrogen (secondary N) is 1. The van der Waals surface area contributed by atoms with Gasteiger partial charge >= 0.3 is 0 Å². The predicted octanol–water partition coefficient (Wildman–Crippen LogP) is 1.85.